The fraction of sp³-hybridized carbons (Fsp3) is 0.318. The first-order chi connectivity index (χ1) is 28.1. The van der Waals surface area contributed by atoms with Gasteiger partial charge in [0.2, 0.25) is 0 Å². The van der Waals surface area contributed by atoms with E-state index in [1.807, 2.05) is 83.9 Å². The summed E-state index contributed by atoms with van der Waals surface area (Å²) in [6, 6.07) is 31.7. The maximum Gasteiger partial charge on any atom is 0.411 e. The molecule has 8 rings (SSSR count). The van der Waals surface area contributed by atoms with Crippen LogP contribution in [-0.2, 0) is 30.9 Å². The number of amides is 4. The average molecular weight is 795 g/mol. The predicted octanol–water partition coefficient (Wildman–Crippen LogP) is 7.91. The molecule has 0 radical (unpaired) electrons. The van der Waals surface area contributed by atoms with Crippen LogP contribution in [0.4, 0.5) is 45.5 Å². The Morgan fingerprint density at radius 2 is 0.914 bits per heavy atom. The van der Waals surface area contributed by atoms with Crippen LogP contribution in [0.2, 0.25) is 0 Å². The maximum absolute atomic E-state index is 12.6. The molecular weight excluding hydrogens is 746 g/mol. The molecule has 4 aromatic rings. The van der Waals surface area contributed by atoms with E-state index < -0.39 is 6.18 Å². The molecule has 2 fully saturated rings. The van der Waals surface area contributed by atoms with Gasteiger partial charge in [0.1, 0.15) is 0 Å². The zero-order chi connectivity index (χ0) is 40.5. The third kappa shape index (κ3) is 10.5. The Morgan fingerprint density at radius 3 is 1.26 bits per heavy atom. The number of halogens is 3. The second-order valence-corrected chi connectivity index (χ2v) is 14.6. The number of fused-ring (bicyclic) bond motifs is 2. The van der Waals surface area contributed by atoms with Gasteiger partial charge in [-0.05, 0) is 70.8 Å². The highest BCUT2D eigenvalue weighted by Crippen LogP contribution is 2.26. The number of anilines is 4. The van der Waals surface area contributed by atoms with Crippen molar-refractivity contribution in [3.63, 3.8) is 0 Å². The largest absolute Gasteiger partial charge is 0.503 e. The lowest BCUT2D eigenvalue weighted by molar-refractivity contribution is -0.0807. The molecule has 4 aliphatic rings. The van der Waals surface area contributed by atoms with Crippen molar-refractivity contribution in [3.8, 4) is 0 Å². The van der Waals surface area contributed by atoms with Gasteiger partial charge in [0.25, 0.3) is 0 Å². The number of carbonyl (C=O) groups excluding carboxylic acids is 2. The molecule has 0 atom stereocenters. The first-order valence-corrected chi connectivity index (χ1v) is 19.5. The summed E-state index contributed by atoms with van der Waals surface area (Å²) >= 11 is 0. The quantitative estimate of drug-likeness (QED) is 0.184. The van der Waals surface area contributed by atoms with Gasteiger partial charge in [-0.25, -0.2) is 9.59 Å². The Balaban J connectivity index is 0.000000177. The van der Waals surface area contributed by atoms with E-state index in [4.69, 9.17) is 4.74 Å². The van der Waals surface area contributed by atoms with Crippen LogP contribution in [0.25, 0.3) is 0 Å². The molecule has 4 aliphatic heterocycles. The van der Waals surface area contributed by atoms with E-state index in [9.17, 15) is 22.8 Å². The van der Waals surface area contributed by atoms with Crippen molar-refractivity contribution >= 4 is 34.8 Å². The minimum Gasteiger partial charge on any atom is -0.503 e. The van der Waals surface area contributed by atoms with Crippen molar-refractivity contribution < 1.29 is 27.5 Å². The van der Waals surface area contributed by atoms with E-state index in [2.05, 4.69) is 49.6 Å². The Kier molecular flexibility index (Phi) is 12.6. The van der Waals surface area contributed by atoms with Crippen LogP contribution in [0.3, 0.4) is 0 Å². The van der Waals surface area contributed by atoms with Crippen LogP contribution >= 0.6 is 0 Å². The lowest BCUT2D eigenvalue weighted by Crippen LogP contribution is -2.44. The number of allylic oxidation sites excluding steroid dienone is 1. The van der Waals surface area contributed by atoms with E-state index in [1.165, 1.54) is 27.9 Å². The monoisotopic (exact) mass is 794 g/mol. The number of ether oxygens (including phenoxy) is 1. The number of piperazine rings is 2. The number of benzene rings is 4. The summed E-state index contributed by atoms with van der Waals surface area (Å²) in [5.74, 6) is 0. The molecule has 14 heteroatoms. The summed E-state index contributed by atoms with van der Waals surface area (Å²) < 4.78 is 41.9. The summed E-state index contributed by atoms with van der Waals surface area (Å²) in [6.07, 6.45) is 0.819. The molecule has 0 saturated carbocycles. The van der Waals surface area contributed by atoms with Crippen molar-refractivity contribution in [2.45, 2.75) is 32.4 Å². The second kappa shape index (κ2) is 18.3. The van der Waals surface area contributed by atoms with E-state index in [0.717, 1.165) is 43.8 Å². The normalized spacial score (nSPS) is 16.6. The lowest BCUT2D eigenvalue weighted by Gasteiger charge is -2.35. The second-order valence-electron chi connectivity index (χ2n) is 14.6. The fourth-order valence-corrected chi connectivity index (χ4v) is 7.46. The van der Waals surface area contributed by atoms with Crippen molar-refractivity contribution in [2.24, 2.45) is 0 Å². The number of alkyl halides is 3. The zero-order valence-electron chi connectivity index (χ0n) is 32.6. The number of hydrogen-bond donors (Lipinski definition) is 2. The number of carbonyl (C=O) groups is 2. The molecule has 0 aliphatic carbocycles. The van der Waals surface area contributed by atoms with E-state index >= 15 is 0 Å². The molecule has 2 saturated heterocycles. The molecule has 0 aromatic heterocycles. The number of nitrogens with zero attached hydrogens (tertiary/aromatic N) is 6. The van der Waals surface area contributed by atoms with Gasteiger partial charge in [0.15, 0.2) is 0 Å². The van der Waals surface area contributed by atoms with Gasteiger partial charge in [-0.15, -0.1) is 0 Å². The minimum absolute atomic E-state index is 0.0532. The van der Waals surface area contributed by atoms with Crippen LogP contribution < -0.4 is 20.4 Å². The van der Waals surface area contributed by atoms with Crippen LogP contribution in [0.5, 0.6) is 0 Å². The molecule has 4 aromatic carbocycles. The minimum atomic E-state index is -4.28. The number of methoxy groups -OCH3 is 1. The van der Waals surface area contributed by atoms with E-state index in [1.54, 1.807) is 23.2 Å². The standard InChI is InChI=1S/C22H23F3N4O.C22H26N4O2/c23-22(24,25)9-10-27-11-13-28(14-12-27)20-7-5-19(6-8-20)26-21(30)29-15-17-3-1-2-4-18(17)16-29;1-28-15-14-24-10-12-25(13-11-24)21-8-6-20(7-9-21)23-22(27)26-16-18-4-2-3-5-19(18)17-26/h1-10H,11-16H2,(H,26,30);2-9,14-15H,10-13,16-17H2,1H3,(H,23,27). The number of rotatable bonds is 7. The Labute approximate surface area is 337 Å². The van der Waals surface area contributed by atoms with Crippen LogP contribution in [-0.4, -0.2) is 97.3 Å². The van der Waals surface area contributed by atoms with Gasteiger partial charge in [0, 0.05) is 120 Å². The summed E-state index contributed by atoms with van der Waals surface area (Å²) in [7, 11) is 1.66. The number of nitrogens with one attached hydrogen (secondary N) is 2. The number of urea groups is 2. The molecule has 11 nitrogen and oxygen atoms in total. The predicted molar refractivity (Wildman–Crippen MR) is 221 cm³/mol. The lowest BCUT2D eigenvalue weighted by atomic mass is 10.1. The first-order valence-electron chi connectivity index (χ1n) is 19.5. The molecule has 58 heavy (non-hydrogen) atoms. The highest BCUT2D eigenvalue weighted by atomic mass is 19.4. The summed E-state index contributed by atoms with van der Waals surface area (Å²) in [4.78, 5) is 37.1. The smallest absolute Gasteiger partial charge is 0.411 e. The molecule has 2 N–H and O–H groups in total. The SMILES string of the molecule is COC=CN1CCN(c2ccc(NC(=O)N3Cc4ccccc4C3)cc2)CC1.O=C(Nc1ccc(N2CCN(C=CC(F)(F)F)CC2)cc1)N1Cc2ccccc2C1. The maximum atomic E-state index is 12.6. The van der Waals surface area contributed by atoms with Crippen molar-refractivity contribution in [1.29, 1.82) is 0 Å². The van der Waals surface area contributed by atoms with Crippen LogP contribution in [0.1, 0.15) is 22.3 Å². The van der Waals surface area contributed by atoms with Crippen molar-refractivity contribution in [2.75, 3.05) is 79.9 Å². The molecular formula is C44H49F3N8O3. The highest BCUT2D eigenvalue weighted by molar-refractivity contribution is 5.90. The van der Waals surface area contributed by atoms with E-state index in [-0.39, 0.29) is 18.1 Å². The van der Waals surface area contributed by atoms with Crippen molar-refractivity contribution in [1.82, 2.24) is 19.6 Å². The molecule has 4 amide bonds. The third-order valence-corrected chi connectivity index (χ3v) is 10.7. The van der Waals surface area contributed by atoms with E-state index in [0.29, 0.717) is 58.0 Å². The van der Waals surface area contributed by atoms with Crippen molar-refractivity contribution in [3.05, 3.63) is 144 Å². The first kappa shape index (κ1) is 39.9. The average Bonchev–Trinajstić information content (AvgIpc) is 3.89. The van der Waals surface area contributed by atoms with Gasteiger partial charge in [-0.2, -0.15) is 13.2 Å². The van der Waals surface area contributed by atoms with Gasteiger partial charge in [-0.1, -0.05) is 48.5 Å². The van der Waals surface area contributed by atoms with Gasteiger partial charge >= 0.3 is 18.2 Å². The Morgan fingerprint density at radius 1 is 0.552 bits per heavy atom. The molecule has 304 valence electrons. The highest BCUT2D eigenvalue weighted by Gasteiger charge is 2.26. The Hall–Kier alpha value is -6.31. The fourth-order valence-electron chi connectivity index (χ4n) is 7.46. The topological polar surface area (TPSA) is 86.9 Å². The van der Waals surface area contributed by atoms with Crippen LogP contribution in [0, 0.1) is 0 Å². The summed E-state index contributed by atoms with van der Waals surface area (Å²) in [5.41, 5.74) is 8.51. The molecule has 4 heterocycles. The number of hydrogen-bond acceptors (Lipinski definition) is 7. The van der Waals surface area contributed by atoms with Gasteiger partial charge in [-0.3, -0.25) is 0 Å². The van der Waals surface area contributed by atoms with Gasteiger partial charge < -0.3 is 44.8 Å². The summed E-state index contributed by atoms with van der Waals surface area (Å²) in [6.45, 7) is 8.74. The summed E-state index contributed by atoms with van der Waals surface area (Å²) in [5, 5.41) is 5.95. The van der Waals surface area contributed by atoms with Gasteiger partial charge in [0.05, 0.1) is 13.4 Å². The Bertz CT molecular complexity index is 2010. The van der Waals surface area contributed by atoms with Crippen LogP contribution in [0.15, 0.2) is 122 Å². The zero-order valence-corrected chi connectivity index (χ0v) is 32.6. The molecule has 0 spiro atoms. The molecule has 0 bridgehead atoms. The third-order valence-electron chi connectivity index (χ3n) is 10.7. The molecule has 0 unspecified atom stereocenters.